The van der Waals surface area contributed by atoms with Gasteiger partial charge >= 0.3 is 0 Å². The standard InChI is InChI=1S/C33H36/c1-26-17-15-16-24-30(26)31(2,3)25-32(4,27-18-9-6-10-19-27)33(5,28-20-11-7-12-21-28)29-22-13-8-14-23-29/h6-24H,25H2,1-5H3/t32-/m1/s1. The molecule has 4 aromatic carbocycles. The van der Waals surface area contributed by atoms with E-state index in [1.165, 1.54) is 27.8 Å². The average molecular weight is 433 g/mol. The molecule has 0 heteroatoms. The molecule has 4 aromatic rings. The summed E-state index contributed by atoms with van der Waals surface area (Å²) in [7, 11) is 0. The molecule has 0 N–H and O–H groups in total. The Kier molecular flexibility index (Phi) is 6.30. The normalized spacial score (nSPS) is 14.0. The molecule has 33 heavy (non-hydrogen) atoms. The zero-order valence-electron chi connectivity index (χ0n) is 20.7. The first-order valence-electron chi connectivity index (χ1n) is 12.0. The van der Waals surface area contributed by atoms with E-state index in [0.29, 0.717) is 0 Å². The van der Waals surface area contributed by atoms with Gasteiger partial charge in [-0.25, -0.2) is 0 Å². The van der Waals surface area contributed by atoms with Crippen molar-refractivity contribution in [2.24, 2.45) is 0 Å². The third kappa shape index (κ3) is 4.15. The van der Waals surface area contributed by atoms with Gasteiger partial charge < -0.3 is 0 Å². The fourth-order valence-corrected chi connectivity index (χ4v) is 6.03. The van der Waals surface area contributed by atoms with Gasteiger partial charge in [0.15, 0.2) is 0 Å². The lowest BCUT2D eigenvalue weighted by atomic mass is 9.51. The van der Waals surface area contributed by atoms with Crippen LogP contribution in [0.1, 0.15) is 61.9 Å². The quantitative estimate of drug-likeness (QED) is 0.274. The Balaban J connectivity index is 1.99. The van der Waals surface area contributed by atoms with Gasteiger partial charge in [-0.3, -0.25) is 0 Å². The molecule has 0 amide bonds. The number of hydrogen-bond acceptors (Lipinski definition) is 0. The molecule has 0 unspecified atom stereocenters. The fourth-order valence-electron chi connectivity index (χ4n) is 6.03. The summed E-state index contributed by atoms with van der Waals surface area (Å²) in [6.45, 7) is 12.0. The Morgan fingerprint density at radius 3 is 1.33 bits per heavy atom. The largest absolute Gasteiger partial charge is 0.0622 e. The first-order valence-corrected chi connectivity index (χ1v) is 12.0. The van der Waals surface area contributed by atoms with E-state index in [1.54, 1.807) is 0 Å². The Labute approximate surface area is 200 Å². The van der Waals surface area contributed by atoms with Crippen molar-refractivity contribution in [3.63, 3.8) is 0 Å². The lowest BCUT2D eigenvalue weighted by Gasteiger charge is -2.51. The van der Waals surface area contributed by atoms with Gasteiger partial charge in [-0.1, -0.05) is 143 Å². The van der Waals surface area contributed by atoms with Crippen LogP contribution in [0.2, 0.25) is 0 Å². The summed E-state index contributed by atoms with van der Waals surface area (Å²) < 4.78 is 0. The maximum Gasteiger partial charge on any atom is 0.0268 e. The van der Waals surface area contributed by atoms with E-state index in [2.05, 4.69) is 150 Å². The van der Waals surface area contributed by atoms with Crippen LogP contribution in [-0.2, 0) is 16.2 Å². The molecule has 0 fully saturated rings. The smallest absolute Gasteiger partial charge is 0.0268 e. The summed E-state index contributed by atoms with van der Waals surface area (Å²) in [5, 5.41) is 0. The number of rotatable bonds is 7. The van der Waals surface area contributed by atoms with E-state index in [-0.39, 0.29) is 16.2 Å². The highest BCUT2D eigenvalue weighted by atomic mass is 14.5. The molecule has 0 bridgehead atoms. The molecule has 168 valence electrons. The van der Waals surface area contributed by atoms with Crippen LogP contribution in [0.25, 0.3) is 0 Å². The summed E-state index contributed by atoms with van der Waals surface area (Å²) in [4.78, 5) is 0. The first kappa shape index (κ1) is 23.1. The van der Waals surface area contributed by atoms with Crippen molar-refractivity contribution in [3.8, 4) is 0 Å². The highest BCUT2D eigenvalue weighted by molar-refractivity contribution is 5.48. The maximum absolute atomic E-state index is 2.47. The Morgan fingerprint density at radius 2 is 0.879 bits per heavy atom. The summed E-state index contributed by atoms with van der Waals surface area (Å²) in [5.41, 5.74) is 6.46. The van der Waals surface area contributed by atoms with E-state index in [1.807, 2.05) is 0 Å². The average Bonchev–Trinajstić information content (AvgIpc) is 2.85. The number of hydrogen-bond donors (Lipinski definition) is 0. The van der Waals surface area contributed by atoms with E-state index < -0.39 is 0 Å². The number of benzene rings is 4. The third-order valence-electron chi connectivity index (χ3n) is 7.89. The van der Waals surface area contributed by atoms with E-state index >= 15 is 0 Å². The van der Waals surface area contributed by atoms with Crippen molar-refractivity contribution < 1.29 is 0 Å². The highest BCUT2D eigenvalue weighted by Crippen LogP contribution is 2.54. The van der Waals surface area contributed by atoms with Crippen LogP contribution in [0.3, 0.4) is 0 Å². The molecule has 0 aromatic heterocycles. The second kappa shape index (κ2) is 9.02. The monoisotopic (exact) mass is 432 g/mol. The fraction of sp³-hybridized carbons (Fsp3) is 0.273. The second-order valence-electron chi connectivity index (χ2n) is 10.4. The number of aryl methyl sites for hydroxylation is 1. The van der Waals surface area contributed by atoms with Gasteiger partial charge in [0.2, 0.25) is 0 Å². The van der Waals surface area contributed by atoms with Gasteiger partial charge in [0.25, 0.3) is 0 Å². The van der Waals surface area contributed by atoms with Crippen molar-refractivity contribution in [2.45, 2.75) is 57.3 Å². The van der Waals surface area contributed by atoms with Crippen molar-refractivity contribution in [1.29, 1.82) is 0 Å². The first-order chi connectivity index (χ1) is 15.8. The van der Waals surface area contributed by atoms with E-state index in [9.17, 15) is 0 Å². The van der Waals surface area contributed by atoms with E-state index in [4.69, 9.17) is 0 Å². The molecule has 0 radical (unpaired) electrons. The van der Waals surface area contributed by atoms with Crippen molar-refractivity contribution >= 4 is 0 Å². The lowest BCUT2D eigenvalue weighted by molar-refractivity contribution is 0.227. The van der Waals surface area contributed by atoms with Crippen LogP contribution in [0, 0.1) is 6.92 Å². The van der Waals surface area contributed by atoms with Crippen molar-refractivity contribution in [1.82, 2.24) is 0 Å². The second-order valence-corrected chi connectivity index (χ2v) is 10.4. The summed E-state index contributed by atoms with van der Waals surface area (Å²) in [6, 6.07) is 42.1. The Bertz CT molecular complexity index is 1130. The molecule has 0 heterocycles. The molecule has 0 nitrogen and oxygen atoms in total. The minimum atomic E-state index is -0.225. The summed E-state index contributed by atoms with van der Waals surface area (Å²) in [6.07, 6.45) is 1.01. The zero-order chi connectivity index (χ0) is 23.5. The summed E-state index contributed by atoms with van der Waals surface area (Å²) in [5.74, 6) is 0. The van der Waals surface area contributed by atoms with Crippen LogP contribution in [0.5, 0.6) is 0 Å². The molecular formula is C33H36. The minimum Gasteiger partial charge on any atom is -0.0622 e. The predicted octanol–water partition coefficient (Wildman–Crippen LogP) is 8.63. The zero-order valence-corrected chi connectivity index (χ0v) is 20.7. The van der Waals surface area contributed by atoms with Gasteiger partial charge in [0, 0.05) is 10.8 Å². The molecule has 1 atom stereocenters. The topological polar surface area (TPSA) is 0 Å². The summed E-state index contributed by atoms with van der Waals surface area (Å²) >= 11 is 0. The molecule has 0 aliphatic rings. The van der Waals surface area contributed by atoms with Gasteiger partial charge in [0.1, 0.15) is 0 Å². The highest BCUT2D eigenvalue weighted by Gasteiger charge is 2.50. The molecule has 4 rings (SSSR count). The van der Waals surface area contributed by atoms with Gasteiger partial charge in [-0.05, 0) is 46.6 Å². The van der Waals surface area contributed by atoms with Crippen molar-refractivity contribution in [3.05, 3.63) is 143 Å². The SMILES string of the molecule is Cc1ccccc1C(C)(C)C[C@](C)(c1ccccc1)C(C)(c1ccccc1)c1ccccc1. The Morgan fingerprint density at radius 1 is 0.485 bits per heavy atom. The molecule has 0 spiro atoms. The molecule has 0 saturated carbocycles. The van der Waals surface area contributed by atoms with Crippen LogP contribution >= 0.6 is 0 Å². The molecule has 0 saturated heterocycles. The molecular weight excluding hydrogens is 396 g/mol. The lowest BCUT2D eigenvalue weighted by Crippen LogP contribution is -2.49. The van der Waals surface area contributed by atoms with Crippen LogP contribution in [0.15, 0.2) is 115 Å². The predicted molar refractivity (Wildman–Crippen MR) is 142 cm³/mol. The van der Waals surface area contributed by atoms with Gasteiger partial charge in [-0.15, -0.1) is 0 Å². The van der Waals surface area contributed by atoms with Gasteiger partial charge in [0.05, 0.1) is 0 Å². The van der Waals surface area contributed by atoms with Crippen LogP contribution in [0.4, 0.5) is 0 Å². The maximum atomic E-state index is 2.47. The van der Waals surface area contributed by atoms with Crippen molar-refractivity contribution in [2.75, 3.05) is 0 Å². The van der Waals surface area contributed by atoms with Gasteiger partial charge in [-0.2, -0.15) is 0 Å². The molecule has 0 aliphatic heterocycles. The van der Waals surface area contributed by atoms with E-state index in [0.717, 1.165) is 6.42 Å². The van der Waals surface area contributed by atoms with Crippen LogP contribution < -0.4 is 0 Å². The molecule has 0 aliphatic carbocycles. The third-order valence-corrected chi connectivity index (χ3v) is 7.89. The van der Waals surface area contributed by atoms with Crippen LogP contribution in [-0.4, -0.2) is 0 Å². The Hall–Kier alpha value is -3.12. The minimum absolute atomic E-state index is 0.0131.